The maximum atomic E-state index is 13.8. The largest absolute Gasteiger partial charge is 0.482 e. The monoisotopic (exact) mass is 499 g/mol. The third-order valence-corrected chi connectivity index (χ3v) is 7.48. The molecule has 1 aromatic carbocycles. The van der Waals surface area contributed by atoms with E-state index in [1.54, 1.807) is 19.4 Å². The number of nitrogens with one attached hydrogen (secondary N) is 1. The molecule has 35 heavy (non-hydrogen) atoms. The Morgan fingerprint density at radius 3 is 2.71 bits per heavy atom. The number of anilines is 2. The number of methoxy groups -OCH3 is 1. The van der Waals surface area contributed by atoms with E-state index >= 15 is 0 Å². The molecule has 9 nitrogen and oxygen atoms in total. The number of aryl methyl sites for hydroxylation is 1. The number of ether oxygens (including phenoxy) is 2. The van der Waals surface area contributed by atoms with Gasteiger partial charge in [-0.3, -0.25) is 0 Å². The molecule has 11 heteroatoms. The van der Waals surface area contributed by atoms with Crippen molar-refractivity contribution in [2.45, 2.75) is 44.4 Å². The van der Waals surface area contributed by atoms with Crippen LogP contribution in [-0.2, 0) is 6.54 Å². The molecule has 3 aliphatic rings. The first-order valence-corrected chi connectivity index (χ1v) is 12.4. The quantitative estimate of drug-likeness (QED) is 0.542. The van der Waals surface area contributed by atoms with Gasteiger partial charge in [0, 0.05) is 42.8 Å². The van der Waals surface area contributed by atoms with E-state index in [9.17, 15) is 4.39 Å². The van der Waals surface area contributed by atoms with Crippen molar-refractivity contribution in [3.05, 3.63) is 47.1 Å². The second-order valence-electron chi connectivity index (χ2n) is 9.50. The van der Waals surface area contributed by atoms with E-state index in [0.29, 0.717) is 40.5 Å². The third kappa shape index (κ3) is 4.47. The molecule has 4 heterocycles. The van der Waals surface area contributed by atoms with Crippen molar-refractivity contribution in [3.8, 4) is 11.6 Å². The highest BCUT2D eigenvalue weighted by Gasteiger charge is 2.43. The van der Waals surface area contributed by atoms with Crippen molar-refractivity contribution < 1.29 is 13.9 Å². The van der Waals surface area contributed by atoms with Gasteiger partial charge < -0.3 is 19.7 Å². The van der Waals surface area contributed by atoms with Gasteiger partial charge in [0.25, 0.3) is 0 Å². The molecule has 1 aliphatic carbocycles. The van der Waals surface area contributed by atoms with Gasteiger partial charge >= 0.3 is 0 Å². The summed E-state index contributed by atoms with van der Waals surface area (Å²) in [6.07, 6.45) is 5.53. The molecular formula is C24H27ClFN7O2. The van der Waals surface area contributed by atoms with Crippen LogP contribution in [0.5, 0.6) is 11.6 Å². The van der Waals surface area contributed by atoms with Crippen molar-refractivity contribution in [3.63, 3.8) is 0 Å². The van der Waals surface area contributed by atoms with E-state index < -0.39 is 5.82 Å². The van der Waals surface area contributed by atoms with Crippen molar-refractivity contribution in [1.82, 2.24) is 25.0 Å². The van der Waals surface area contributed by atoms with E-state index in [2.05, 4.69) is 20.4 Å². The minimum Gasteiger partial charge on any atom is -0.482 e. The van der Waals surface area contributed by atoms with E-state index in [1.165, 1.54) is 12.1 Å². The molecule has 6 rings (SSSR count). The second-order valence-corrected chi connectivity index (χ2v) is 9.94. The van der Waals surface area contributed by atoms with Crippen molar-refractivity contribution in [2.75, 3.05) is 30.4 Å². The Balaban J connectivity index is 1.16. The predicted octanol–water partition coefficient (Wildman–Crippen LogP) is 4.11. The molecule has 3 aromatic rings. The lowest BCUT2D eigenvalue weighted by atomic mass is 9.92. The summed E-state index contributed by atoms with van der Waals surface area (Å²) >= 11 is 6.00. The molecule has 2 aromatic heterocycles. The molecule has 2 bridgehead atoms. The molecule has 0 spiro atoms. The fraction of sp³-hybridized carbons (Fsp3) is 0.500. The topological polar surface area (TPSA) is 90.2 Å². The minimum absolute atomic E-state index is 0.294. The maximum Gasteiger partial charge on any atom is 0.242 e. The zero-order valence-corrected chi connectivity index (χ0v) is 20.2. The van der Waals surface area contributed by atoms with Gasteiger partial charge in [-0.05, 0) is 49.7 Å². The summed E-state index contributed by atoms with van der Waals surface area (Å²) in [5, 5.41) is 16.7. The van der Waals surface area contributed by atoms with Crippen LogP contribution in [0.4, 0.5) is 16.0 Å². The van der Waals surface area contributed by atoms with E-state index in [1.807, 2.05) is 10.7 Å². The molecular weight excluding hydrogens is 473 g/mol. The molecule has 2 fully saturated rings. The SMILES string of the molecule is COc1cc(N2C[C@H]3CC[C@@H](C2)[C@@H]3Nc2nc3n(n2)CCC[C@H]3Oc2cc(F)cc(Cl)c2)cnn1. The lowest BCUT2D eigenvalue weighted by Gasteiger charge is -2.39. The van der Waals surface area contributed by atoms with Gasteiger partial charge in [-0.1, -0.05) is 11.6 Å². The number of rotatable bonds is 6. The number of benzene rings is 1. The van der Waals surface area contributed by atoms with Crippen molar-refractivity contribution >= 4 is 23.2 Å². The average molecular weight is 500 g/mol. The smallest absolute Gasteiger partial charge is 0.242 e. The first-order chi connectivity index (χ1) is 17.1. The van der Waals surface area contributed by atoms with Crippen LogP contribution in [-0.4, -0.2) is 51.2 Å². The van der Waals surface area contributed by atoms with Crippen molar-refractivity contribution in [2.24, 2.45) is 11.8 Å². The van der Waals surface area contributed by atoms with E-state index in [4.69, 9.17) is 31.2 Å². The highest BCUT2D eigenvalue weighted by molar-refractivity contribution is 6.30. The number of piperidine rings is 1. The zero-order valence-electron chi connectivity index (χ0n) is 19.4. The van der Waals surface area contributed by atoms with Gasteiger partial charge in [0.1, 0.15) is 11.6 Å². The number of aromatic nitrogens is 5. The second kappa shape index (κ2) is 9.14. The fourth-order valence-electron chi connectivity index (χ4n) is 5.67. The van der Waals surface area contributed by atoms with Crippen LogP contribution < -0.4 is 19.7 Å². The Bertz CT molecular complexity index is 1190. The Hall–Kier alpha value is -3.14. The molecule has 1 N–H and O–H groups in total. The average Bonchev–Trinajstić information content (AvgIpc) is 3.35. The highest BCUT2D eigenvalue weighted by atomic mass is 35.5. The standard InChI is InChI=1S/C24H27ClFN7O2/c1-34-21-10-18(11-27-30-21)32-12-14-4-5-15(13-32)22(14)28-24-29-23-20(3-2-6-33(23)31-24)35-19-8-16(25)7-17(26)9-19/h7-11,14-15,20,22H,2-6,12-13H2,1H3,(H,28,31)/t14-,15+,20-,22-/m1/s1. The van der Waals surface area contributed by atoms with Crippen molar-refractivity contribution in [1.29, 1.82) is 0 Å². The third-order valence-electron chi connectivity index (χ3n) is 7.26. The van der Waals surface area contributed by atoms with Crippen LogP contribution in [0.15, 0.2) is 30.5 Å². The molecule has 2 aliphatic heterocycles. The Morgan fingerprint density at radius 2 is 1.94 bits per heavy atom. The molecule has 1 saturated carbocycles. The Morgan fingerprint density at radius 1 is 1.11 bits per heavy atom. The Labute approximate surface area is 207 Å². The summed E-state index contributed by atoms with van der Waals surface area (Å²) in [4.78, 5) is 7.18. The Kier molecular flexibility index (Phi) is 5.83. The van der Waals surface area contributed by atoms with Crippen LogP contribution in [0.3, 0.4) is 0 Å². The lowest BCUT2D eigenvalue weighted by Crippen LogP contribution is -2.48. The number of halogens is 2. The normalized spacial score (nSPS) is 25.3. The minimum atomic E-state index is -0.421. The van der Waals surface area contributed by atoms with Gasteiger partial charge in [-0.2, -0.15) is 10.1 Å². The lowest BCUT2D eigenvalue weighted by molar-refractivity contribution is 0.155. The highest BCUT2D eigenvalue weighted by Crippen LogP contribution is 2.40. The first-order valence-electron chi connectivity index (χ1n) is 12.0. The molecule has 184 valence electrons. The summed E-state index contributed by atoms with van der Waals surface area (Å²) in [5.74, 6) is 2.87. The number of hydrogen-bond acceptors (Lipinski definition) is 8. The summed E-state index contributed by atoms with van der Waals surface area (Å²) in [5.41, 5.74) is 1.04. The molecule has 0 unspecified atom stereocenters. The number of hydrogen-bond donors (Lipinski definition) is 1. The van der Waals surface area contributed by atoms with Crippen LogP contribution >= 0.6 is 11.6 Å². The fourth-order valence-corrected chi connectivity index (χ4v) is 5.89. The molecule has 1 saturated heterocycles. The summed E-state index contributed by atoms with van der Waals surface area (Å²) in [6.45, 7) is 2.65. The van der Waals surface area contributed by atoms with E-state index in [0.717, 1.165) is 56.8 Å². The first kappa shape index (κ1) is 22.3. The number of fused-ring (bicyclic) bond motifs is 3. The van der Waals surface area contributed by atoms with Gasteiger partial charge in [-0.25, -0.2) is 9.07 Å². The van der Waals surface area contributed by atoms with Crippen LogP contribution in [0, 0.1) is 17.7 Å². The molecule has 0 amide bonds. The zero-order chi connectivity index (χ0) is 23.9. The van der Waals surface area contributed by atoms with Crippen LogP contribution in [0.25, 0.3) is 0 Å². The van der Waals surface area contributed by atoms with Gasteiger partial charge in [-0.15, -0.1) is 10.2 Å². The van der Waals surface area contributed by atoms with E-state index in [-0.39, 0.29) is 6.10 Å². The van der Waals surface area contributed by atoms with Crippen LogP contribution in [0.1, 0.15) is 37.6 Å². The van der Waals surface area contributed by atoms with Gasteiger partial charge in [0.2, 0.25) is 11.8 Å². The number of nitrogens with zero attached hydrogens (tertiary/aromatic N) is 6. The predicted molar refractivity (Wildman–Crippen MR) is 128 cm³/mol. The summed E-state index contributed by atoms with van der Waals surface area (Å²) in [7, 11) is 1.61. The van der Waals surface area contributed by atoms with Gasteiger partial charge in [0.05, 0.1) is 19.0 Å². The maximum absolute atomic E-state index is 13.8. The summed E-state index contributed by atoms with van der Waals surface area (Å²) in [6, 6.07) is 6.49. The molecule has 4 atom stereocenters. The van der Waals surface area contributed by atoms with Crippen LogP contribution in [0.2, 0.25) is 5.02 Å². The van der Waals surface area contributed by atoms with Gasteiger partial charge in [0.15, 0.2) is 11.9 Å². The summed E-state index contributed by atoms with van der Waals surface area (Å²) < 4.78 is 27.0. The molecule has 0 radical (unpaired) electrons.